The van der Waals surface area contributed by atoms with Crippen molar-refractivity contribution in [3.8, 4) is 0 Å². The Morgan fingerprint density at radius 2 is 2.35 bits per heavy atom. The van der Waals surface area contributed by atoms with E-state index >= 15 is 0 Å². The Morgan fingerprint density at radius 1 is 1.53 bits per heavy atom. The highest BCUT2D eigenvalue weighted by Crippen LogP contribution is 2.25. The third-order valence-corrected chi connectivity index (χ3v) is 4.64. The maximum atomic E-state index is 4.23. The monoisotopic (exact) mass is 315 g/mol. The number of hydrogen-bond acceptors (Lipinski definition) is 2. The van der Waals surface area contributed by atoms with Crippen LogP contribution in [0.5, 0.6) is 0 Å². The summed E-state index contributed by atoms with van der Waals surface area (Å²) in [6.07, 6.45) is 4.12. The predicted octanol–water partition coefficient (Wildman–Crippen LogP) is 2.98. The van der Waals surface area contributed by atoms with Gasteiger partial charge in [0, 0.05) is 20.1 Å². The average Bonchev–Trinajstić information content (AvgIpc) is 2.67. The van der Waals surface area contributed by atoms with Crippen LogP contribution in [0, 0.1) is 5.92 Å². The van der Waals surface area contributed by atoms with Gasteiger partial charge in [-0.1, -0.05) is 6.42 Å². The van der Waals surface area contributed by atoms with E-state index in [4.69, 9.17) is 0 Å². The third-order valence-electron chi connectivity index (χ3n) is 3.09. The predicted molar refractivity (Wildman–Crippen MR) is 77.6 cm³/mol. The van der Waals surface area contributed by atoms with Gasteiger partial charge >= 0.3 is 0 Å². The van der Waals surface area contributed by atoms with Crippen LogP contribution in [-0.4, -0.2) is 19.6 Å². The van der Waals surface area contributed by atoms with Crippen molar-refractivity contribution in [1.82, 2.24) is 10.6 Å². The summed E-state index contributed by atoms with van der Waals surface area (Å²) in [6, 6.07) is 2.14. The van der Waals surface area contributed by atoms with Crippen molar-refractivity contribution in [3.63, 3.8) is 0 Å². The molecule has 1 aliphatic rings. The number of guanidine groups is 1. The van der Waals surface area contributed by atoms with Crippen molar-refractivity contribution < 1.29 is 0 Å². The minimum Gasteiger partial charge on any atom is -0.356 e. The quantitative estimate of drug-likeness (QED) is 0.662. The van der Waals surface area contributed by atoms with Crippen molar-refractivity contribution in [2.45, 2.75) is 25.8 Å². The van der Waals surface area contributed by atoms with Crippen LogP contribution in [0.1, 0.15) is 24.8 Å². The van der Waals surface area contributed by atoms with Crippen LogP contribution >= 0.6 is 27.3 Å². The molecule has 0 aromatic carbocycles. The molecule has 94 valence electrons. The van der Waals surface area contributed by atoms with Gasteiger partial charge in [-0.2, -0.15) is 0 Å². The van der Waals surface area contributed by atoms with E-state index in [0.717, 1.165) is 25.0 Å². The first-order valence-corrected chi connectivity index (χ1v) is 7.62. The molecule has 0 saturated heterocycles. The minimum atomic E-state index is 0.826. The van der Waals surface area contributed by atoms with E-state index in [2.05, 4.69) is 43.0 Å². The second kappa shape index (κ2) is 6.40. The molecule has 1 heterocycles. The lowest BCUT2D eigenvalue weighted by atomic mass is 9.85. The molecule has 0 atom stereocenters. The lowest BCUT2D eigenvalue weighted by Gasteiger charge is -2.26. The van der Waals surface area contributed by atoms with Gasteiger partial charge in [0.15, 0.2) is 5.96 Å². The van der Waals surface area contributed by atoms with Crippen molar-refractivity contribution in [1.29, 1.82) is 0 Å². The zero-order valence-corrected chi connectivity index (χ0v) is 12.4. The summed E-state index contributed by atoms with van der Waals surface area (Å²) in [6.45, 7) is 1.87. The number of halogens is 1. The highest BCUT2D eigenvalue weighted by molar-refractivity contribution is 9.11. The van der Waals surface area contributed by atoms with Gasteiger partial charge < -0.3 is 10.6 Å². The number of nitrogens with one attached hydrogen (secondary N) is 2. The second-order valence-electron chi connectivity index (χ2n) is 4.36. The van der Waals surface area contributed by atoms with Crippen molar-refractivity contribution in [2.24, 2.45) is 10.9 Å². The molecule has 17 heavy (non-hydrogen) atoms. The summed E-state index contributed by atoms with van der Waals surface area (Å²) in [7, 11) is 1.82. The molecule has 2 N–H and O–H groups in total. The fourth-order valence-corrected chi connectivity index (χ4v) is 2.99. The van der Waals surface area contributed by atoms with Gasteiger partial charge in [-0.15, -0.1) is 11.3 Å². The Morgan fingerprint density at radius 3 is 2.88 bits per heavy atom. The van der Waals surface area contributed by atoms with E-state index in [1.807, 2.05) is 7.05 Å². The topological polar surface area (TPSA) is 36.4 Å². The van der Waals surface area contributed by atoms with E-state index in [-0.39, 0.29) is 0 Å². The summed E-state index contributed by atoms with van der Waals surface area (Å²) in [5.74, 6) is 1.75. The first kappa shape index (κ1) is 12.9. The largest absolute Gasteiger partial charge is 0.356 e. The summed E-state index contributed by atoms with van der Waals surface area (Å²) < 4.78 is 1.17. The lowest BCUT2D eigenvalue weighted by Crippen LogP contribution is -2.40. The molecule has 0 bridgehead atoms. The molecule has 1 aromatic heterocycles. The molecule has 0 radical (unpaired) electrons. The maximum Gasteiger partial charge on any atom is 0.191 e. The first-order chi connectivity index (χ1) is 8.28. The van der Waals surface area contributed by atoms with Gasteiger partial charge in [-0.25, -0.2) is 0 Å². The van der Waals surface area contributed by atoms with E-state index in [0.29, 0.717) is 0 Å². The van der Waals surface area contributed by atoms with Crippen LogP contribution in [0.4, 0.5) is 0 Å². The zero-order chi connectivity index (χ0) is 12.1. The molecule has 0 aliphatic heterocycles. The molecule has 3 nitrogen and oxygen atoms in total. The van der Waals surface area contributed by atoms with Crippen LogP contribution in [0.15, 0.2) is 20.2 Å². The molecule has 0 amide bonds. The molecule has 1 aliphatic carbocycles. The van der Waals surface area contributed by atoms with Gasteiger partial charge in [0.25, 0.3) is 0 Å². The van der Waals surface area contributed by atoms with E-state index < -0.39 is 0 Å². The number of hydrogen-bond donors (Lipinski definition) is 2. The van der Waals surface area contributed by atoms with E-state index in [9.17, 15) is 0 Å². The van der Waals surface area contributed by atoms with Crippen LogP contribution in [0.3, 0.4) is 0 Å². The Balaban J connectivity index is 1.71. The molecule has 1 fully saturated rings. The molecule has 0 unspecified atom stereocenters. The molecule has 0 spiro atoms. The zero-order valence-electron chi connectivity index (χ0n) is 10.0. The SMILES string of the molecule is CN=C(NCc1csc(Br)c1)NCC1CCC1. The standard InChI is InChI=1S/C12H18BrN3S/c1-14-12(15-6-9-3-2-4-9)16-7-10-5-11(13)17-8-10/h5,8-9H,2-4,6-7H2,1H3,(H2,14,15,16). The molecular formula is C12H18BrN3S. The summed E-state index contributed by atoms with van der Waals surface area (Å²) in [5.41, 5.74) is 1.29. The van der Waals surface area contributed by atoms with Crippen molar-refractivity contribution in [2.75, 3.05) is 13.6 Å². The van der Waals surface area contributed by atoms with E-state index in [1.54, 1.807) is 11.3 Å². The fraction of sp³-hybridized carbons (Fsp3) is 0.583. The highest BCUT2D eigenvalue weighted by atomic mass is 79.9. The molecule has 1 aromatic rings. The minimum absolute atomic E-state index is 0.826. The lowest BCUT2D eigenvalue weighted by molar-refractivity contribution is 0.314. The maximum absolute atomic E-state index is 4.23. The Hall–Kier alpha value is -0.550. The van der Waals surface area contributed by atoms with Crippen LogP contribution in [-0.2, 0) is 6.54 Å². The fourth-order valence-electron chi connectivity index (χ4n) is 1.78. The summed E-state index contributed by atoms with van der Waals surface area (Å²) in [4.78, 5) is 4.23. The summed E-state index contributed by atoms with van der Waals surface area (Å²) >= 11 is 5.18. The smallest absolute Gasteiger partial charge is 0.191 e. The van der Waals surface area contributed by atoms with Crippen molar-refractivity contribution in [3.05, 3.63) is 20.8 Å². The van der Waals surface area contributed by atoms with Crippen LogP contribution in [0.2, 0.25) is 0 Å². The Bertz CT molecular complexity index is 385. The number of nitrogens with zero attached hydrogens (tertiary/aromatic N) is 1. The first-order valence-electron chi connectivity index (χ1n) is 5.95. The third kappa shape index (κ3) is 4.00. The number of thiophene rings is 1. The second-order valence-corrected chi connectivity index (χ2v) is 6.65. The van der Waals surface area contributed by atoms with Crippen molar-refractivity contribution >= 4 is 33.2 Å². The molecule has 5 heteroatoms. The van der Waals surface area contributed by atoms with E-state index in [1.165, 1.54) is 28.6 Å². The van der Waals surface area contributed by atoms with Gasteiger partial charge in [0.1, 0.15) is 0 Å². The summed E-state index contributed by atoms with van der Waals surface area (Å²) in [5, 5.41) is 8.86. The Labute approximate surface area is 115 Å². The van der Waals surface area contributed by atoms with Crippen LogP contribution in [0.25, 0.3) is 0 Å². The van der Waals surface area contributed by atoms with Gasteiger partial charge in [-0.05, 0) is 51.7 Å². The highest BCUT2D eigenvalue weighted by Gasteiger charge is 2.17. The molecule has 2 rings (SSSR count). The molecular weight excluding hydrogens is 298 g/mol. The number of aliphatic imine (C=N–C) groups is 1. The van der Waals surface area contributed by atoms with Crippen LogP contribution < -0.4 is 10.6 Å². The van der Waals surface area contributed by atoms with Gasteiger partial charge in [0.2, 0.25) is 0 Å². The molecule has 1 saturated carbocycles. The van der Waals surface area contributed by atoms with Gasteiger partial charge in [-0.3, -0.25) is 4.99 Å². The normalized spacial score (nSPS) is 16.7. The Kier molecular flexibility index (Phi) is 4.86. The average molecular weight is 316 g/mol. The van der Waals surface area contributed by atoms with Gasteiger partial charge in [0.05, 0.1) is 3.79 Å². The number of rotatable bonds is 4.